The molecule has 60 heavy (non-hydrogen) atoms. The van der Waals surface area contributed by atoms with E-state index in [2.05, 4.69) is 9.97 Å². The standard InChI is InChI=1S/C50H38N4O6/c1-57-35-9-5-7-33(27-35)47-41-23-19-37(51-41)45(29-11-15-31(16-12-29)49(55)59-3)39-21-25-43(53-39)48(34-8-6-10-36(28-34)58-2)44-26-22-40(54-44)46(38-20-24-42(47)52-38)30-13-17-32(18-14-30)50(56)60-4/h5-28,51,54H,1-4H3. The van der Waals surface area contributed by atoms with Crippen molar-refractivity contribution in [2.75, 3.05) is 28.4 Å². The van der Waals surface area contributed by atoms with Gasteiger partial charge in [-0.15, -0.1) is 0 Å². The monoisotopic (exact) mass is 790 g/mol. The minimum absolute atomic E-state index is 0.416. The van der Waals surface area contributed by atoms with Crippen molar-refractivity contribution in [1.82, 2.24) is 19.9 Å². The van der Waals surface area contributed by atoms with Crippen molar-refractivity contribution in [2.45, 2.75) is 0 Å². The van der Waals surface area contributed by atoms with Gasteiger partial charge in [0.15, 0.2) is 0 Å². The molecule has 0 spiro atoms. The van der Waals surface area contributed by atoms with Gasteiger partial charge in [0, 0.05) is 44.3 Å². The van der Waals surface area contributed by atoms with Gasteiger partial charge in [0.25, 0.3) is 0 Å². The number of aromatic nitrogens is 4. The third-order valence-corrected chi connectivity index (χ3v) is 10.7. The Morgan fingerprint density at radius 3 is 1.07 bits per heavy atom. The number of carbonyl (C=O) groups excluding carboxylic acids is 2. The van der Waals surface area contributed by atoms with Gasteiger partial charge in [-0.1, -0.05) is 48.5 Å². The van der Waals surface area contributed by atoms with Gasteiger partial charge >= 0.3 is 11.9 Å². The molecule has 0 fully saturated rings. The largest absolute Gasteiger partial charge is 0.497 e. The summed E-state index contributed by atoms with van der Waals surface area (Å²) in [5.41, 5.74) is 13.9. The molecule has 3 aromatic heterocycles. The summed E-state index contributed by atoms with van der Waals surface area (Å²) >= 11 is 0. The van der Waals surface area contributed by atoms with Crippen LogP contribution in [0.5, 0.6) is 11.5 Å². The fraction of sp³-hybridized carbons (Fsp3) is 0.0800. The second-order valence-electron chi connectivity index (χ2n) is 14.1. The van der Waals surface area contributed by atoms with E-state index in [9.17, 15) is 9.59 Å². The highest BCUT2D eigenvalue weighted by atomic mass is 16.5. The summed E-state index contributed by atoms with van der Waals surface area (Å²) in [6.45, 7) is 0. The molecule has 0 saturated heterocycles. The predicted molar refractivity (Wildman–Crippen MR) is 236 cm³/mol. The van der Waals surface area contributed by atoms with Gasteiger partial charge in [0.1, 0.15) is 11.5 Å². The van der Waals surface area contributed by atoms with E-state index in [4.69, 9.17) is 28.9 Å². The summed E-state index contributed by atoms with van der Waals surface area (Å²) in [4.78, 5) is 43.1. The number of benzene rings is 4. The lowest BCUT2D eigenvalue weighted by Gasteiger charge is -2.08. The Kier molecular flexibility index (Phi) is 9.87. The molecular formula is C50H38N4O6. The molecule has 0 saturated carbocycles. The smallest absolute Gasteiger partial charge is 0.337 e. The second kappa shape index (κ2) is 15.8. The molecule has 10 nitrogen and oxygen atoms in total. The number of nitrogens with one attached hydrogen (secondary N) is 2. The zero-order chi connectivity index (χ0) is 41.3. The molecule has 2 aliphatic heterocycles. The van der Waals surface area contributed by atoms with E-state index in [1.165, 1.54) is 14.2 Å². The van der Waals surface area contributed by atoms with E-state index in [0.717, 1.165) is 89.4 Å². The topological polar surface area (TPSA) is 128 Å². The Hall–Kier alpha value is -7.98. The fourth-order valence-electron chi connectivity index (χ4n) is 7.76. The van der Waals surface area contributed by atoms with Crippen LogP contribution in [-0.4, -0.2) is 60.3 Å². The third kappa shape index (κ3) is 6.90. The van der Waals surface area contributed by atoms with Gasteiger partial charge in [-0.25, -0.2) is 19.6 Å². The number of methoxy groups -OCH3 is 4. The maximum Gasteiger partial charge on any atom is 0.337 e. The van der Waals surface area contributed by atoms with Gasteiger partial charge in [-0.05, 0) is 119 Å². The number of fused-ring (bicyclic) bond motifs is 8. The van der Waals surface area contributed by atoms with Crippen LogP contribution in [0, 0.1) is 0 Å². The molecule has 2 aliphatic rings. The average molecular weight is 791 g/mol. The summed E-state index contributed by atoms with van der Waals surface area (Å²) < 4.78 is 21.4. The van der Waals surface area contributed by atoms with Crippen molar-refractivity contribution < 1.29 is 28.5 Å². The van der Waals surface area contributed by atoms with Crippen molar-refractivity contribution in [3.05, 3.63) is 155 Å². The number of H-pyrrole nitrogens is 2. The van der Waals surface area contributed by atoms with Gasteiger partial charge < -0.3 is 28.9 Å². The van der Waals surface area contributed by atoms with E-state index in [-0.39, 0.29) is 0 Å². The normalized spacial score (nSPS) is 11.7. The van der Waals surface area contributed by atoms with Crippen molar-refractivity contribution in [3.8, 4) is 56.0 Å². The van der Waals surface area contributed by atoms with Crippen LogP contribution >= 0.6 is 0 Å². The van der Waals surface area contributed by atoms with E-state index in [0.29, 0.717) is 22.6 Å². The van der Waals surface area contributed by atoms with Crippen molar-refractivity contribution in [1.29, 1.82) is 0 Å². The molecule has 7 aromatic rings. The van der Waals surface area contributed by atoms with Gasteiger partial charge in [0.2, 0.25) is 0 Å². The number of nitrogens with zero attached hydrogens (tertiary/aromatic N) is 2. The first-order valence-corrected chi connectivity index (χ1v) is 19.2. The second-order valence-corrected chi connectivity index (χ2v) is 14.1. The van der Waals surface area contributed by atoms with Crippen molar-refractivity contribution in [3.63, 3.8) is 0 Å². The lowest BCUT2D eigenvalue weighted by atomic mass is 10.0. The third-order valence-electron chi connectivity index (χ3n) is 10.7. The van der Waals surface area contributed by atoms with Crippen LogP contribution in [0.25, 0.3) is 90.9 Å². The van der Waals surface area contributed by atoms with E-state index in [1.54, 1.807) is 38.5 Å². The summed E-state index contributed by atoms with van der Waals surface area (Å²) in [5.74, 6) is 0.580. The first-order chi connectivity index (χ1) is 29.3. The molecule has 294 valence electrons. The SMILES string of the molecule is COC(=O)c1ccc(-c2c3nc(c(-c4cccc(OC)c4)c4ccc([nH]4)c(-c4ccc(C(=O)OC)cc4)c4nc(c(-c5cccc(OC)c5)c5ccc2[nH]5)C=C4)C=C3)cc1. The molecule has 4 aromatic carbocycles. The molecule has 10 heteroatoms. The molecule has 0 atom stereocenters. The van der Waals surface area contributed by atoms with Crippen LogP contribution in [-0.2, 0) is 9.47 Å². The summed E-state index contributed by atoms with van der Waals surface area (Å²) in [5, 5.41) is 0. The Bertz CT molecular complexity index is 2860. The lowest BCUT2D eigenvalue weighted by molar-refractivity contribution is 0.0592. The zero-order valence-corrected chi connectivity index (χ0v) is 33.2. The van der Waals surface area contributed by atoms with E-state index >= 15 is 0 Å². The number of rotatable bonds is 8. The van der Waals surface area contributed by atoms with Crippen LogP contribution in [0.4, 0.5) is 0 Å². The number of ether oxygens (including phenoxy) is 4. The quantitative estimate of drug-likeness (QED) is 0.146. The highest BCUT2D eigenvalue weighted by Gasteiger charge is 2.20. The zero-order valence-electron chi connectivity index (χ0n) is 33.2. The lowest BCUT2D eigenvalue weighted by Crippen LogP contribution is -2.00. The Labute approximate surface area is 345 Å². The Balaban J connectivity index is 1.43. The van der Waals surface area contributed by atoms with Crippen LogP contribution in [0.2, 0.25) is 0 Å². The van der Waals surface area contributed by atoms with Crippen molar-refractivity contribution >= 4 is 58.3 Å². The molecule has 0 unspecified atom stereocenters. The highest BCUT2D eigenvalue weighted by molar-refractivity contribution is 6.01. The van der Waals surface area contributed by atoms with Crippen LogP contribution in [0.15, 0.2) is 121 Å². The average Bonchev–Trinajstić information content (AvgIpc) is 4.15. The first-order valence-electron chi connectivity index (χ1n) is 19.2. The van der Waals surface area contributed by atoms with Crippen LogP contribution < -0.4 is 9.47 Å². The maximum atomic E-state index is 12.5. The number of hydrogen-bond acceptors (Lipinski definition) is 8. The molecular weight excluding hydrogens is 753 g/mol. The highest BCUT2D eigenvalue weighted by Crippen LogP contribution is 2.39. The summed E-state index contributed by atoms with van der Waals surface area (Å²) in [6.07, 6.45) is 8.06. The minimum Gasteiger partial charge on any atom is -0.497 e. The van der Waals surface area contributed by atoms with Crippen LogP contribution in [0.3, 0.4) is 0 Å². The van der Waals surface area contributed by atoms with Gasteiger partial charge in [-0.3, -0.25) is 0 Å². The number of aromatic amines is 2. The van der Waals surface area contributed by atoms with Crippen LogP contribution in [0.1, 0.15) is 43.5 Å². The molecule has 5 heterocycles. The summed E-state index contributed by atoms with van der Waals surface area (Å²) in [7, 11) is 6.04. The Morgan fingerprint density at radius 1 is 0.417 bits per heavy atom. The molecule has 8 bridgehead atoms. The van der Waals surface area contributed by atoms with Gasteiger partial charge in [0.05, 0.1) is 62.3 Å². The molecule has 9 rings (SSSR count). The molecule has 0 amide bonds. The molecule has 0 aliphatic carbocycles. The Morgan fingerprint density at radius 2 is 0.750 bits per heavy atom. The van der Waals surface area contributed by atoms with Gasteiger partial charge in [-0.2, -0.15) is 0 Å². The number of carbonyl (C=O) groups is 2. The number of esters is 2. The maximum absolute atomic E-state index is 12.5. The minimum atomic E-state index is -0.416. The van der Waals surface area contributed by atoms with E-state index in [1.807, 2.05) is 121 Å². The van der Waals surface area contributed by atoms with E-state index < -0.39 is 11.9 Å². The first kappa shape index (κ1) is 37.6. The predicted octanol–water partition coefficient (Wildman–Crippen LogP) is 10.9. The summed E-state index contributed by atoms with van der Waals surface area (Å²) in [6, 6.07) is 38.6. The fourth-order valence-corrected chi connectivity index (χ4v) is 7.76. The molecule has 2 N–H and O–H groups in total. The number of hydrogen-bond donors (Lipinski definition) is 2. The molecule has 0 radical (unpaired) electrons. The van der Waals surface area contributed by atoms with Crippen molar-refractivity contribution in [2.24, 2.45) is 0 Å².